The molecule has 1 N–H and O–H groups in total. The lowest BCUT2D eigenvalue weighted by Crippen LogP contribution is -2.06. The van der Waals surface area contributed by atoms with E-state index in [0.717, 1.165) is 12.1 Å². The zero-order valence-electron chi connectivity index (χ0n) is 8.38. The predicted octanol–water partition coefficient (Wildman–Crippen LogP) is 1.48. The molecule has 0 aliphatic rings. The number of halogens is 1. The molecule has 0 aliphatic carbocycles. The molecule has 0 atom stereocenters. The lowest BCUT2D eigenvalue weighted by Gasteiger charge is -2.01. The summed E-state index contributed by atoms with van der Waals surface area (Å²) in [4.78, 5) is 20.9. The van der Waals surface area contributed by atoms with Crippen LogP contribution in [0.1, 0.15) is 0 Å². The quantitative estimate of drug-likeness (QED) is 0.630. The van der Waals surface area contributed by atoms with Crippen molar-refractivity contribution in [2.45, 2.75) is 0 Å². The third-order valence-corrected chi connectivity index (χ3v) is 2.11. The maximum atomic E-state index is 12.9. The highest BCUT2D eigenvalue weighted by Crippen LogP contribution is 2.28. The Morgan fingerprint density at radius 1 is 1.29 bits per heavy atom. The Balaban J connectivity index is 2.62. The number of nitrogens with zero attached hydrogens (tertiary/aromatic N) is 2. The van der Waals surface area contributed by atoms with Gasteiger partial charge < -0.3 is 0 Å². The fourth-order valence-corrected chi connectivity index (χ4v) is 1.37. The molecule has 1 aromatic heterocycles. The zero-order valence-corrected chi connectivity index (χ0v) is 8.38. The van der Waals surface area contributed by atoms with Crippen LogP contribution in [-0.2, 0) is 0 Å². The Hall–Kier alpha value is -2.57. The van der Waals surface area contributed by atoms with Crippen LogP contribution in [0.4, 0.5) is 10.1 Å². The van der Waals surface area contributed by atoms with E-state index in [9.17, 15) is 19.3 Å². The SMILES string of the molecule is O=c1ccc(-c2ccc(F)cc2[N+](=O)[O-])n[nH]1. The first kappa shape index (κ1) is 10.9. The van der Waals surface area contributed by atoms with Crippen molar-refractivity contribution in [2.75, 3.05) is 0 Å². The highest BCUT2D eigenvalue weighted by Gasteiger charge is 2.17. The van der Waals surface area contributed by atoms with Gasteiger partial charge in [0.05, 0.1) is 22.2 Å². The van der Waals surface area contributed by atoms with Crippen molar-refractivity contribution in [3.8, 4) is 11.3 Å². The topological polar surface area (TPSA) is 88.9 Å². The van der Waals surface area contributed by atoms with E-state index in [1.54, 1.807) is 0 Å². The summed E-state index contributed by atoms with van der Waals surface area (Å²) < 4.78 is 12.9. The number of nitrogens with one attached hydrogen (secondary N) is 1. The lowest BCUT2D eigenvalue weighted by molar-refractivity contribution is -0.384. The Bertz CT molecular complexity index is 618. The number of nitro groups is 1. The van der Waals surface area contributed by atoms with Gasteiger partial charge in [-0.1, -0.05) is 0 Å². The number of hydrogen-bond donors (Lipinski definition) is 1. The Kier molecular flexibility index (Phi) is 2.65. The van der Waals surface area contributed by atoms with E-state index in [1.165, 1.54) is 18.2 Å². The summed E-state index contributed by atoms with van der Waals surface area (Å²) in [5.41, 5.74) is -0.466. The molecule has 0 amide bonds. The summed E-state index contributed by atoms with van der Waals surface area (Å²) in [6.45, 7) is 0. The average Bonchev–Trinajstić information content (AvgIpc) is 2.30. The fraction of sp³-hybridized carbons (Fsp3) is 0. The van der Waals surface area contributed by atoms with Crippen LogP contribution in [0.5, 0.6) is 0 Å². The van der Waals surface area contributed by atoms with Crippen molar-refractivity contribution in [1.82, 2.24) is 10.2 Å². The highest BCUT2D eigenvalue weighted by molar-refractivity contribution is 5.69. The van der Waals surface area contributed by atoms with Crippen LogP contribution in [0.2, 0.25) is 0 Å². The average molecular weight is 235 g/mol. The van der Waals surface area contributed by atoms with Gasteiger partial charge in [0, 0.05) is 6.07 Å². The summed E-state index contributed by atoms with van der Waals surface area (Å²) in [6.07, 6.45) is 0. The fourth-order valence-electron chi connectivity index (χ4n) is 1.37. The first-order valence-electron chi connectivity index (χ1n) is 4.58. The van der Waals surface area contributed by atoms with Crippen molar-refractivity contribution in [2.24, 2.45) is 0 Å². The molecule has 0 spiro atoms. The second-order valence-electron chi connectivity index (χ2n) is 3.23. The van der Waals surface area contributed by atoms with Gasteiger partial charge in [-0.2, -0.15) is 5.10 Å². The maximum Gasteiger partial charge on any atom is 0.281 e. The minimum Gasteiger partial charge on any atom is -0.268 e. The lowest BCUT2D eigenvalue weighted by atomic mass is 10.1. The molecule has 0 radical (unpaired) electrons. The van der Waals surface area contributed by atoms with Gasteiger partial charge >= 0.3 is 0 Å². The molecule has 0 saturated heterocycles. The van der Waals surface area contributed by atoms with E-state index in [2.05, 4.69) is 10.2 Å². The minimum atomic E-state index is -0.704. The van der Waals surface area contributed by atoms with Crippen LogP contribution in [0, 0.1) is 15.9 Å². The number of H-pyrrole nitrogens is 1. The molecular weight excluding hydrogens is 229 g/mol. The summed E-state index contributed by atoms with van der Waals surface area (Å²) in [7, 11) is 0. The minimum absolute atomic E-state index is 0.146. The number of hydrogen-bond acceptors (Lipinski definition) is 4. The van der Waals surface area contributed by atoms with E-state index >= 15 is 0 Å². The van der Waals surface area contributed by atoms with Crippen molar-refractivity contribution in [3.05, 3.63) is 56.6 Å². The van der Waals surface area contributed by atoms with Crippen molar-refractivity contribution >= 4 is 5.69 Å². The largest absolute Gasteiger partial charge is 0.281 e. The number of benzene rings is 1. The summed E-state index contributed by atoms with van der Waals surface area (Å²) >= 11 is 0. The molecule has 17 heavy (non-hydrogen) atoms. The molecule has 2 rings (SSSR count). The molecule has 1 aromatic carbocycles. The van der Waals surface area contributed by atoms with Gasteiger partial charge in [0.2, 0.25) is 0 Å². The van der Waals surface area contributed by atoms with Gasteiger partial charge in [0.1, 0.15) is 5.82 Å². The third kappa shape index (κ3) is 2.17. The Morgan fingerprint density at radius 3 is 2.65 bits per heavy atom. The summed E-state index contributed by atoms with van der Waals surface area (Å²) in [5, 5.41) is 16.6. The predicted molar refractivity (Wildman–Crippen MR) is 56.9 cm³/mol. The molecular formula is C10H6FN3O3. The van der Waals surface area contributed by atoms with Crippen LogP contribution in [-0.4, -0.2) is 15.1 Å². The van der Waals surface area contributed by atoms with Crippen LogP contribution < -0.4 is 5.56 Å². The normalized spacial score (nSPS) is 10.2. The zero-order chi connectivity index (χ0) is 12.4. The monoisotopic (exact) mass is 235 g/mol. The van der Waals surface area contributed by atoms with E-state index in [0.29, 0.717) is 0 Å². The first-order chi connectivity index (χ1) is 8.08. The second kappa shape index (κ2) is 4.12. The third-order valence-electron chi connectivity index (χ3n) is 2.11. The highest BCUT2D eigenvalue weighted by atomic mass is 19.1. The number of aromatic nitrogens is 2. The summed E-state index contributed by atoms with van der Waals surface area (Å²) in [6, 6.07) is 5.67. The first-order valence-corrected chi connectivity index (χ1v) is 4.58. The molecule has 0 aliphatic heterocycles. The van der Waals surface area contributed by atoms with Crippen LogP contribution in [0.15, 0.2) is 35.1 Å². The molecule has 86 valence electrons. The van der Waals surface area contributed by atoms with Gasteiger partial charge in [-0.05, 0) is 18.2 Å². The van der Waals surface area contributed by atoms with Crippen molar-refractivity contribution < 1.29 is 9.31 Å². The Labute approximate surface area is 93.9 Å². The van der Waals surface area contributed by atoms with E-state index in [1.807, 2.05) is 0 Å². The molecule has 1 heterocycles. The van der Waals surface area contributed by atoms with Gasteiger partial charge in [0.15, 0.2) is 0 Å². The van der Waals surface area contributed by atoms with E-state index < -0.39 is 22.0 Å². The molecule has 0 bridgehead atoms. The molecule has 0 fully saturated rings. The van der Waals surface area contributed by atoms with E-state index in [-0.39, 0.29) is 11.3 Å². The number of rotatable bonds is 2. The van der Waals surface area contributed by atoms with Gasteiger partial charge in [-0.25, -0.2) is 9.49 Å². The standard InChI is InChI=1S/C10H6FN3O3/c11-6-1-2-7(9(5-6)14(16)17)8-3-4-10(15)13-12-8/h1-5H,(H,13,15). The van der Waals surface area contributed by atoms with Crippen molar-refractivity contribution in [1.29, 1.82) is 0 Å². The van der Waals surface area contributed by atoms with Gasteiger partial charge in [-0.15, -0.1) is 0 Å². The van der Waals surface area contributed by atoms with E-state index in [4.69, 9.17) is 0 Å². The summed E-state index contributed by atoms with van der Waals surface area (Å²) in [5.74, 6) is -0.704. The van der Waals surface area contributed by atoms with Crippen LogP contribution in [0.25, 0.3) is 11.3 Å². The van der Waals surface area contributed by atoms with Crippen LogP contribution in [0.3, 0.4) is 0 Å². The van der Waals surface area contributed by atoms with Gasteiger partial charge in [0.25, 0.3) is 11.2 Å². The maximum absolute atomic E-state index is 12.9. The molecule has 6 nitrogen and oxygen atoms in total. The van der Waals surface area contributed by atoms with Gasteiger partial charge in [-0.3, -0.25) is 14.9 Å². The van der Waals surface area contributed by atoms with Crippen molar-refractivity contribution in [3.63, 3.8) is 0 Å². The smallest absolute Gasteiger partial charge is 0.268 e. The Morgan fingerprint density at radius 2 is 2.06 bits per heavy atom. The molecule has 7 heteroatoms. The van der Waals surface area contributed by atoms with Crippen LogP contribution >= 0.6 is 0 Å². The number of nitro benzene ring substituents is 1. The molecule has 2 aromatic rings. The molecule has 0 unspecified atom stereocenters. The second-order valence-corrected chi connectivity index (χ2v) is 3.23. The number of aromatic amines is 1. The molecule has 0 saturated carbocycles.